The lowest BCUT2D eigenvalue weighted by atomic mass is 10.1. The van der Waals surface area contributed by atoms with Crippen molar-refractivity contribution >= 4 is 50.5 Å². The number of carbonyl (C=O) groups excluding carboxylic acids is 2. The van der Waals surface area contributed by atoms with Crippen LogP contribution in [0, 0.1) is 22.7 Å². The number of amides is 2. The van der Waals surface area contributed by atoms with E-state index in [1.165, 1.54) is 42.5 Å². The smallest absolute Gasteiger partial charge is 0.274 e. The highest BCUT2D eigenvalue weighted by Crippen LogP contribution is 2.38. The molecule has 0 aliphatic heterocycles. The Kier molecular flexibility index (Phi) is 6.54. The van der Waals surface area contributed by atoms with Gasteiger partial charge in [-0.3, -0.25) is 9.59 Å². The molecule has 2 atom stereocenters. The summed E-state index contributed by atoms with van der Waals surface area (Å²) in [5.41, 5.74) is 1.31. The Labute approximate surface area is 186 Å². The standard InChI is InChI=1S/C21H16ClN5O3S/c1-11(28)18(21(30)27(25)20(29)13-4-2-12(8-23)3-5-13)26-16-7-6-14(9-24)19-17(16)15(22)10-31-19/h2-7,10-11,18,26,28H,25H2,1H3. The zero-order chi connectivity index (χ0) is 22.7. The van der Waals surface area contributed by atoms with Gasteiger partial charge in [0, 0.05) is 22.0 Å². The molecule has 0 fully saturated rings. The summed E-state index contributed by atoms with van der Waals surface area (Å²) in [7, 11) is 0. The van der Waals surface area contributed by atoms with Crippen molar-refractivity contribution in [2.75, 3.05) is 5.32 Å². The van der Waals surface area contributed by atoms with Crippen LogP contribution in [-0.2, 0) is 4.79 Å². The first kappa shape index (κ1) is 22.2. The molecule has 0 saturated heterocycles. The number of hydrogen-bond acceptors (Lipinski definition) is 8. The van der Waals surface area contributed by atoms with Crippen LogP contribution in [0.5, 0.6) is 0 Å². The third-order valence-electron chi connectivity index (χ3n) is 4.57. The topological polar surface area (TPSA) is 143 Å². The van der Waals surface area contributed by atoms with Gasteiger partial charge in [-0.2, -0.15) is 10.5 Å². The molecule has 2 aromatic carbocycles. The van der Waals surface area contributed by atoms with Crippen LogP contribution >= 0.6 is 22.9 Å². The van der Waals surface area contributed by atoms with Crippen molar-refractivity contribution in [3.63, 3.8) is 0 Å². The molecule has 0 aliphatic carbocycles. The minimum absolute atomic E-state index is 0.112. The van der Waals surface area contributed by atoms with Gasteiger partial charge in [0.15, 0.2) is 0 Å². The van der Waals surface area contributed by atoms with Crippen molar-refractivity contribution in [1.29, 1.82) is 10.5 Å². The van der Waals surface area contributed by atoms with Crippen molar-refractivity contribution in [2.24, 2.45) is 5.84 Å². The Morgan fingerprint density at radius 1 is 1.19 bits per heavy atom. The number of rotatable bonds is 5. The molecule has 2 amide bonds. The van der Waals surface area contributed by atoms with Gasteiger partial charge in [0.1, 0.15) is 12.1 Å². The number of fused-ring (bicyclic) bond motifs is 1. The number of hydrazine groups is 1. The highest BCUT2D eigenvalue weighted by molar-refractivity contribution is 7.18. The number of anilines is 1. The number of aliphatic hydroxyl groups is 1. The molecule has 31 heavy (non-hydrogen) atoms. The molecule has 1 aromatic heterocycles. The molecule has 0 radical (unpaired) electrons. The van der Waals surface area contributed by atoms with E-state index >= 15 is 0 Å². The van der Waals surface area contributed by atoms with Gasteiger partial charge >= 0.3 is 0 Å². The van der Waals surface area contributed by atoms with Crippen molar-refractivity contribution < 1.29 is 14.7 Å². The molecule has 1 heterocycles. The molecule has 3 rings (SSSR count). The Bertz CT molecular complexity index is 1240. The summed E-state index contributed by atoms with van der Waals surface area (Å²) in [6, 6.07) is 11.5. The second kappa shape index (κ2) is 9.13. The van der Waals surface area contributed by atoms with Gasteiger partial charge in [0.2, 0.25) is 0 Å². The zero-order valence-electron chi connectivity index (χ0n) is 16.2. The molecule has 0 bridgehead atoms. The van der Waals surface area contributed by atoms with E-state index in [1.54, 1.807) is 17.5 Å². The fraction of sp³-hybridized carbons (Fsp3) is 0.143. The fourth-order valence-corrected chi connectivity index (χ4v) is 4.26. The highest BCUT2D eigenvalue weighted by atomic mass is 35.5. The molecule has 156 valence electrons. The SMILES string of the molecule is CC(O)C(Nc1ccc(C#N)c2scc(Cl)c12)C(=O)N(N)C(=O)c1ccc(C#N)cc1. The van der Waals surface area contributed by atoms with Crippen LogP contribution in [-0.4, -0.2) is 34.1 Å². The number of aliphatic hydroxyl groups excluding tert-OH is 1. The van der Waals surface area contributed by atoms with Crippen LogP contribution in [0.4, 0.5) is 5.69 Å². The van der Waals surface area contributed by atoms with E-state index in [9.17, 15) is 20.0 Å². The van der Waals surface area contributed by atoms with E-state index < -0.39 is 24.0 Å². The number of carbonyl (C=O) groups is 2. The Morgan fingerprint density at radius 3 is 2.45 bits per heavy atom. The summed E-state index contributed by atoms with van der Waals surface area (Å²) < 4.78 is 0.632. The van der Waals surface area contributed by atoms with Crippen LogP contribution in [0.15, 0.2) is 41.8 Å². The number of halogens is 1. The number of nitrogens with two attached hydrogens (primary N) is 1. The van der Waals surface area contributed by atoms with E-state index in [1.807, 2.05) is 6.07 Å². The van der Waals surface area contributed by atoms with E-state index in [4.69, 9.17) is 22.7 Å². The van der Waals surface area contributed by atoms with Gasteiger partial charge < -0.3 is 10.4 Å². The van der Waals surface area contributed by atoms with E-state index in [0.717, 1.165) is 0 Å². The van der Waals surface area contributed by atoms with Crippen LogP contribution in [0.1, 0.15) is 28.4 Å². The third kappa shape index (κ3) is 4.36. The number of benzene rings is 2. The number of hydrogen-bond donors (Lipinski definition) is 3. The lowest BCUT2D eigenvalue weighted by Crippen LogP contribution is -2.53. The van der Waals surface area contributed by atoms with E-state index in [2.05, 4.69) is 11.4 Å². The lowest BCUT2D eigenvalue weighted by molar-refractivity contribution is -0.131. The number of imide groups is 1. The second-order valence-corrected chi connectivity index (χ2v) is 7.91. The van der Waals surface area contributed by atoms with Crippen LogP contribution in [0.2, 0.25) is 5.02 Å². The molecular weight excluding hydrogens is 438 g/mol. The maximum absolute atomic E-state index is 12.9. The van der Waals surface area contributed by atoms with Crippen molar-refractivity contribution in [1.82, 2.24) is 5.01 Å². The summed E-state index contributed by atoms with van der Waals surface area (Å²) in [6.45, 7) is 1.38. The summed E-state index contributed by atoms with van der Waals surface area (Å²) in [5, 5.41) is 34.3. The molecule has 10 heteroatoms. The van der Waals surface area contributed by atoms with Crippen LogP contribution in [0.25, 0.3) is 10.1 Å². The van der Waals surface area contributed by atoms with E-state index in [-0.39, 0.29) is 5.56 Å². The van der Waals surface area contributed by atoms with Crippen LogP contribution < -0.4 is 11.2 Å². The molecule has 2 unspecified atom stereocenters. The average molecular weight is 454 g/mol. The van der Waals surface area contributed by atoms with Gasteiger partial charge in [-0.05, 0) is 43.3 Å². The first-order valence-electron chi connectivity index (χ1n) is 8.96. The monoisotopic (exact) mass is 453 g/mol. The third-order valence-corrected chi connectivity index (χ3v) is 6.01. The highest BCUT2D eigenvalue weighted by Gasteiger charge is 2.31. The van der Waals surface area contributed by atoms with Gasteiger partial charge in [-0.25, -0.2) is 10.9 Å². The summed E-state index contributed by atoms with van der Waals surface area (Å²) in [4.78, 5) is 25.5. The molecule has 3 aromatic rings. The first-order valence-corrected chi connectivity index (χ1v) is 10.2. The minimum Gasteiger partial charge on any atom is -0.391 e. The minimum atomic E-state index is -1.26. The number of thiophene rings is 1. The number of nitrogens with zero attached hydrogens (tertiary/aromatic N) is 3. The van der Waals surface area contributed by atoms with Gasteiger partial charge in [-0.1, -0.05) is 11.6 Å². The fourth-order valence-electron chi connectivity index (χ4n) is 2.95. The predicted molar refractivity (Wildman–Crippen MR) is 117 cm³/mol. The second-order valence-electron chi connectivity index (χ2n) is 6.63. The molecule has 0 saturated carbocycles. The Hall–Kier alpha value is -3.47. The lowest BCUT2D eigenvalue weighted by Gasteiger charge is -2.26. The average Bonchev–Trinajstić information content (AvgIpc) is 3.17. The predicted octanol–water partition coefficient (Wildman–Crippen LogP) is 3.00. The van der Waals surface area contributed by atoms with Gasteiger partial charge in [0.25, 0.3) is 11.8 Å². The van der Waals surface area contributed by atoms with Gasteiger partial charge in [0.05, 0.1) is 33.0 Å². The Morgan fingerprint density at radius 2 is 1.87 bits per heavy atom. The summed E-state index contributed by atoms with van der Waals surface area (Å²) in [6.07, 6.45) is -1.21. The van der Waals surface area contributed by atoms with Gasteiger partial charge in [-0.15, -0.1) is 11.3 Å². The quantitative estimate of drug-likeness (QED) is 0.306. The van der Waals surface area contributed by atoms with Crippen molar-refractivity contribution in [3.8, 4) is 12.1 Å². The summed E-state index contributed by atoms with van der Waals surface area (Å²) in [5.74, 6) is 4.12. The largest absolute Gasteiger partial charge is 0.391 e. The molecule has 0 spiro atoms. The maximum Gasteiger partial charge on any atom is 0.274 e. The normalized spacial score (nSPS) is 12.5. The van der Waals surface area contributed by atoms with Crippen molar-refractivity contribution in [3.05, 3.63) is 63.5 Å². The molecular formula is C21H16ClN5O3S. The summed E-state index contributed by atoms with van der Waals surface area (Å²) >= 11 is 7.55. The zero-order valence-corrected chi connectivity index (χ0v) is 17.7. The Balaban J connectivity index is 1.90. The number of nitrogens with one attached hydrogen (secondary N) is 1. The van der Waals surface area contributed by atoms with Crippen LogP contribution in [0.3, 0.4) is 0 Å². The molecule has 0 aliphatic rings. The first-order chi connectivity index (χ1) is 14.8. The number of nitriles is 2. The van der Waals surface area contributed by atoms with Crippen molar-refractivity contribution in [2.45, 2.75) is 19.1 Å². The molecule has 8 nitrogen and oxygen atoms in total. The van der Waals surface area contributed by atoms with E-state index in [0.29, 0.717) is 36.9 Å². The molecule has 4 N–H and O–H groups in total. The maximum atomic E-state index is 12.9.